The molecule has 1 N–H and O–H groups in total. The molecule has 1 aliphatic heterocycles. The number of hydrogen-bond acceptors (Lipinski definition) is 7. The highest BCUT2D eigenvalue weighted by atomic mass is 32.2. The standard InChI is InChI=1S/C26H33N7OS/c1-20-7-5-6-10-24(20)33-26(28-29-30-33)35-19-25(34)27-21-11-13-23(14-12-21)32-17-15-31(16-18-32)22-8-3-2-4-9-22/h5-7,10-14,22H,2-4,8-9,15-19H2,1H3,(H,27,34). The van der Waals surface area contributed by atoms with E-state index in [2.05, 4.69) is 42.8 Å². The molecule has 1 saturated carbocycles. The van der Waals surface area contributed by atoms with Crippen molar-refractivity contribution in [3.8, 4) is 5.69 Å². The molecule has 2 aliphatic rings. The normalized spacial score (nSPS) is 17.5. The van der Waals surface area contributed by atoms with Crippen LogP contribution in [-0.2, 0) is 4.79 Å². The van der Waals surface area contributed by atoms with Crippen molar-refractivity contribution in [2.45, 2.75) is 50.2 Å². The lowest BCUT2D eigenvalue weighted by atomic mass is 9.94. The minimum atomic E-state index is -0.0804. The summed E-state index contributed by atoms with van der Waals surface area (Å²) in [6, 6.07) is 16.9. The Kier molecular flexibility index (Phi) is 7.63. The third kappa shape index (κ3) is 5.85. The molecule has 1 aromatic heterocycles. The fourth-order valence-electron chi connectivity index (χ4n) is 5.10. The molecule has 2 aromatic carbocycles. The van der Waals surface area contributed by atoms with Crippen molar-refractivity contribution in [3.05, 3.63) is 54.1 Å². The maximum Gasteiger partial charge on any atom is 0.234 e. The first-order valence-corrected chi connectivity index (χ1v) is 13.5. The van der Waals surface area contributed by atoms with Gasteiger partial charge >= 0.3 is 0 Å². The Morgan fingerprint density at radius 1 is 1.00 bits per heavy atom. The summed E-state index contributed by atoms with van der Waals surface area (Å²) in [7, 11) is 0. The van der Waals surface area contributed by atoms with Gasteiger partial charge in [-0.25, -0.2) is 0 Å². The maximum atomic E-state index is 12.6. The van der Waals surface area contributed by atoms with Gasteiger partial charge in [0.25, 0.3) is 0 Å². The molecule has 0 spiro atoms. The number of carbonyl (C=O) groups is 1. The lowest BCUT2D eigenvalue weighted by molar-refractivity contribution is -0.113. The number of aryl methyl sites for hydroxylation is 1. The van der Waals surface area contributed by atoms with Crippen LogP contribution in [0.5, 0.6) is 0 Å². The van der Waals surface area contributed by atoms with E-state index < -0.39 is 0 Å². The lowest BCUT2D eigenvalue weighted by Crippen LogP contribution is -2.50. The summed E-state index contributed by atoms with van der Waals surface area (Å²) in [4.78, 5) is 17.7. The van der Waals surface area contributed by atoms with Crippen molar-refractivity contribution < 1.29 is 4.79 Å². The number of para-hydroxylation sites is 1. The summed E-state index contributed by atoms with van der Waals surface area (Å²) in [6.07, 6.45) is 6.92. The monoisotopic (exact) mass is 491 g/mol. The number of benzene rings is 2. The molecule has 0 unspecified atom stereocenters. The van der Waals surface area contributed by atoms with Gasteiger partial charge in [-0.15, -0.1) is 5.10 Å². The van der Waals surface area contributed by atoms with Crippen LogP contribution in [-0.4, -0.2) is 69.0 Å². The predicted molar refractivity (Wildman–Crippen MR) is 140 cm³/mol. The number of carbonyl (C=O) groups excluding carboxylic acids is 1. The van der Waals surface area contributed by atoms with E-state index in [4.69, 9.17) is 0 Å². The first kappa shape index (κ1) is 23.8. The Morgan fingerprint density at radius 3 is 2.49 bits per heavy atom. The van der Waals surface area contributed by atoms with Crippen molar-refractivity contribution in [1.29, 1.82) is 0 Å². The van der Waals surface area contributed by atoms with Crippen molar-refractivity contribution >= 4 is 29.0 Å². The van der Waals surface area contributed by atoms with Crippen molar-refractivity contribution in [2.24, 2.45) is 0 Å². The number of rotatable bonds is 7. The number of tetrazole rings is 1. The molecule has 9 heteroatoms. The largest absolute Gasteiger partial charge is 0.369 e. The Morgan fingerprint density at radius 2 is 1.74 bits per heavy atom. The van der Waals surface area contributed by atoms with Gasteiger partial charge in [-0.3, -0.25) is 9.69 Å². The van der Waals surface area contributed by atoms with Crippen LogP contribution in [0.3, 0.4) is 0 Å². The highest BCUT2D eigenvalue weighted by Gasteiger charge is 2.25. The molecule has 35 heavy (non-hydrogen) atoms. The fraction of sp³-hybridized carbons (Fsp3) is 0.462. The van der Waals surface area contributed by atoms with Gasteiger partial charge in [0.2, 0.25) is 11.1 Å². The Hall–Kier alpha value is -2.91. The van der Waals surface area contributed by atoms with Crippen LogP contribution in [0.15, 0.2) is 53.7 Å². The second kappa shape index (κ2) is 11.2. The summed E-state index contributed by atoms with van der Waals surface area (Å²) in [5.41, 5.74) is 4.01. The zero-order chi connectivity index (χ0) is 24.0. The zero-order valence-corrected chi connectivity index (χ0v) is 21.1. The molecule has 1 aliphatic carbocycles. The van der Waals surface area contributed by atoms with Crippen LogP contribution in [0.4, 0.5) is 11.4 Å². The van der Waals surface area contributed by atoms with E-state index in [0.29, 0.717) is 5.16 Å². The molecule has 2 heterocycles. The third-order valence-corrected chi connectivity index (χ3v) is 7.96. The third-order valence-electron chi connectivity index (χ3n) is 7.04. The van der Waals surface area contributed by atoms with Crippen LogP contribution in [0.2, 0.25) is 0 Å². The number of amides is 1. The highest BCUT2D eigenvalue weighted by Crippen LogP contribution is 2.26. The average molecular weight is 492 g/mol. The smallest absolute Gasteiger partial charge is 0.234 e. The van der Waals surface area contributed by atoms with Gasteiger partial charge in [0.05, 0.1) is 11.4 Å². The molecule has 3 aromatic rings. The summed E-state index contributed by atoms with van der Waals surface area (Å²) < 4.78 is 1.68. The molecule has 1 saturated heterocycles. The Bertz CT molecular complexity index is 1120. The second-order valence-electron chi connectivity index (χ2n) is 9.36. The van der Waals surface area contributed by atoms with Gasteiger partial charge in [0.15, 0.2) is 0 Å². The number of nitrogens with zero attached hydrogens (tertiary/aromatic N) is 6. The SMILES string of the molecule is Cc1ccccc1-n1nnnc1SCC(=O)Nc1ccc(N2CCN(C3CCCCC3)CC2)cc1. The summed E-state index contributed by atoms with van der Waals surface area (Å²) in [6.45, 7) is 6.42. The zero-order valence-electron chi connectivity index (χ0n) is 20.3. The van der Waals surface area contributed by atoms with E-state index >= 15 is 0 Å². The quantitative estimate of drug-likeness (QED) is 0.497. The molecule has 0 radical (unpaired) electrons. The van der Waals surface area contributed by atoms with Crippen LogP contribution in [0.25, 0.3) is 5.69 Å². The summed E-state index contributed by atoms with van der Waals surface area (Å²) in [5.74, 6) is 0.153. The van der Waals surface area contributed by atoms with E-state index in [0.717, 1.165) is 49.2 Å². The first-order valence-electron chi connectivity index (χ1n) is 12.5. The fourth-order valence-corrected chi connectivity index (χ4v) is 5.78. The number of piperazine rings is 1. The average Bonchev–Trinajstić information content (AvgIpc) is 3.37. The van der Waals surface area contributed by atoms with Gasteiger partial charge < -0.3 is 10.2 Å². The molecule has 2 fully saturated rings. The van der Waals surface area contributed by atoms with Crippen LogP contribution in [0.1, 0.15) is 37.7 Å². The van der Waals surface area contributed by atoms with Crippen molar-refractivity contribution in [3.63, 3.8) is 0 Å². The predicted octanol–water partition coefficient (Wildman–Crippen LogP) is 4.16. The van der Waals surface area contributed by atoms with Crippen LogP contribution >= 0.6 is 11.8 Å². The Balaban J connectivity index is 1.11. The second-order valence-corrected chi connectivity index (χ2v) is 10.3. The van der Waals surface area contributed by atoms with Gasteiger partial charge in [-0.1, -0.05) is 49.2 Å². The number of hydrogen-bond donors (Lipinski definition) is 1. The molecule has 8 nitrogen and oxygen atoms in total. The first-order chi connectivity index (χ1) is 17.2. The van der Waals surface area contributed by atoms with E-state index in [1.54, 1.807) is 4.68 Å². The number of anilines is 2. The highest BCUT2D eigenvalue weighted by molar-refractivity contribution is 7.99. The molecule has 0 bridgehead atoms. The Labute approximate surface area is 211 Å². The van der Waals surface area contributed by atoms with E-state index in [1.807, 2.05) is 43.3 Å². The molecule has 0 atom stereocenters. The molecular weight excluding hydrogens is 458 g/mol. The summed E-state index contributed by atoms with van der Waals surface area (Å²) in [5, 5.41) is 15.6. The molecule has 5 rings (SSSR count). The van der Waals surface area contributed by atoms with Crippen LogP contribution < -0.4 is 10.2 Å². The van der Waals surface area contributed by atoms with Crippen LogP contribution in [0, 0.1) is 6.92 Å². The molecule has 184 valence electrons. The van der Waals surface area contributed by atoms with E-state index in [-0.39, 0.29) is 11.7 Å². The van der Waals surface area contributed by atoms with E-state index in [9.17, 15) is 4.79 Å². The van der Waals surface area contributed by atoms with Gasteiger partial charge in [-0.2, -0.15) is 4.68 Å². The maximum absolute atomic E-state index is 12.6. The van der Waals surface area contributed by atoms with Crippen molar-refractivity contribution in [1.82, 2.24) is 25.1 Å². The number of nitrogens with one attached hydrogen (secondary N) is 1. The molecule has 1 amide bonds. The van der Waals surface area contributed by atoms with E-state index in [1.165, 1.54) is 49.6 Å². The van der Waals surface area contributed by atoms with Crippen molar-refractivity contribution in [2.75, 3.05) is 42.1 Å². The minimum absolute atomic E-state index is 0.0804. The molecular formula is C26H33N7OS. The van der Waals surface area contributed by atoms with Gasteiger partial charge in [0.1, 0.15) is 0 Å². The minimum Gasteiger partial charge on any atom is -0.369 e. The van der Waals surface area contributed by atoms with Gasteiger partial charge in [0, 0.05) is 43.6 Å². The lowest BCUT2D eigenvalue weighted by Gasteiger charge is -2.41. The topological polar surface area (TPSA) is 79.2 Å². The summed E-state index contributed by atoms with van der Waals surface area (Å²) >= 11 is 1.32. The number of aromatic nitrogens is 4. The number of thioether (sulfide) groups is 1. The van der Waals surface area contributed by atoms with Gasteiger partial charge in [-0.05, 0) is 66.1 Å².